The van der Waals surface area contributed by atoms with E-state index in [0.717, 1.165) is 0 Å². The van der Waals surface area contributed by atoms with Gasteiger partial charge in [-0.05, 0) is 35.9 Å². The highest BCUT2D eigenvalue weighted by molar-refractivity contribution is 7.90. The van der Waals surface area contributed by atoms with Crippen LogP contribution in [0.15, 0.2) is 77.8 Å². The number of hydrogen-bond acceptors (Lipinski definition) is 5. The van der Waals surface area contributed by atoms with Gasteiger partial charge in [-0.25, -0.2) is 12.8 Å². The topological polar surface area (TPSA) is 86.6 Å². The van der Waals surface area contributed by atoms with E-state index in [-0.39, 0.29) is 23.1 Å². The lowest BCUT2D eigenvalue weighted by molar-refractivity contribution is -0.116. The number of amides is 1. The Balaban J connectivity index is 1.60. The summed E-state index contributed by atoms with van der Waals surface area (Å²) < 4.78 is 51.7. The van der Waals surface area contributed by atoms with Crippen LogP contribution >= 0.6 is 0 Å². The molecule has 0 aliphatic carbocycles. The zero-order valence-electron chi connectivity index (χ0n) is 18.6. The maximum absolute atomic E-state index is 13.2. The maximum Gasteiger partial charge on any atom is 0.244 e. The monoisotopic (exact) mass is 482 g/mol. The molecule has 0 unspecified atom stereocenters. The summed E-state index contributed by atoms with van der Waals surface area (Å²) in [7, 11) is -0.723. The van der Waals surface area contributed by atoms with Crippen LogP contribution in [0.1, 0.15) is 5.56 Å². The molecular weight excluding hydrogens is 459 g/mol. The van der Waals surface area contributed by atoms with Crippen molar-refractivity contribution in [2.75, 3.05) is 19.5 Å². The Morgan fingerprint density at radius 1 is 0.971 bits per heavy atom. The molecule has 4 rings (SSSR count). The van der Waals surface area contributed by atoms with Crippen molar-refractivity contribution < 1.29 is 27.1 Å². The smallest absolute Gasteiger partial charge is 0.244 e. The molecule has 0 saturated carbocycles. The first-order valence-corrected chi connectivity index (χ1v) is 12.0. The molecule has 1 aromatic heterocycles. The third-order valence-corrected chi connectivity index (χ3v) is 7.05. The number of carbonyl (C=O) groups is 1. The average Bonchev–Trinajstić information content (AvgIpc) is 3.19. The van der Waals surface area contributed by atoms with Crippen LogP contribution in [0.25, 0.3) is 10.9 Å². The zero-order chi connectivity index (χ0) is 24.3. The van der Waals surface area contributed by atoms with Gasteiger partial charge in [-0.2, -0.15) is 0 Å². The summed E-state index contributed by atoms with van der Waals surface area (Å²) in [5, 5.41) is 3.31. The number of aromatic nitrogens is 1. The second-order valence-electron chi connectivity index (χ2n) is 7.64. The SMILES string of the molecule is COc1ccc(NC(=O)Cn2cc(S(=O)(=O)Cc3ccc(F)cc3)c3ccccc32)cc1OC. The molecule has 9 heteroatoms. The Kier molecular flexibility index (Phi) is 6.56. The van der Waals surface area contributed by atoms with Crippen molar-refractivity contribution in [3.8, 4) is 11.5 Å². The van der Waals surface area contributed by atoms with Crippen molar-refractivity contribution >= 4 is 32.3 Å². The van der Waals surface area contributed by atoms with Crippen molar-refractivity contribution in [3.05, 3.63) is 84.3 Å². The molecule has 34 heavy (non-hydrogen) atoms. The Labute approximate surface area is 196 Å². The number of sulfone groups is 1. The molecule has 3 aromatic carbocycles. The van der Waals surface area contributed by atoms with Crippen LogP contribution < -0.4 is 14.8 Å². The first kappa shape index (κ1) is 23.3. The van der Waals surface area contributed by atoms with Gasteiger partial charge in [0.15, 0.2) is 21.3 Å². The van der Waals surface area contributed by atoms with E-state index in [0.29, 0.717) is 33.7 Å². The van der Waals surface area contributed by atoms with E-state index in [1.54, 1.807) is 47.0 Å². The first-order valence-electron chi connectivity index (χ1n) is 10.4. The van der Waals surface area contributed by atoms with E-state index in [1.807, 2.05) is 0 Å². The quantitative estimate of drug-likeness (QED) is 0.402. The zero-order valence-corrected chi connectivity index (χ0v) is 19.4. The minimum absolute atomic E-state index is 0.0963. The second kappa shape index (κ2) is 9.56. The number of methoxy groups -OCH3 is 2. The van der Waals surface area contributed by atoms with Gasteiger partial charge in [0.05, 0.1) is 24.9 Å². The lowest BCUT2D eigenvalue weighted by Crippen LogP contribution is -2.18. The molecule has 0 spiro atoms. The summed E-state index contributed by atoms with van der Waals surface area (Å²) in [5.74, 6) is -0.0402. The van der Waals surface area contributed by atoms with Crippen LogP contribution in [-0.2, 0) is 26.9 Å². The molecular formula is C25H23FN2O5S. The van der Waals surface area contributed by atoms with Crippen LogP contribution in [0.5, 0.6) is 11.5 Å². The molecule has 1 amide bonds. The number of nitrogens with one attached hydrogen (secondary N) is 1. The van der Waals surface area contributed by atoms with Crippen LogP contribution in [0, 0.1) is 5.82 Å². The number of fused-ring (bicyclic) bond motifs is 1. The number of rotatable bonds is 8. The molecule has 0 aliphatic rings. The fraction of sp³-hybridized carbons (Fsp3) is 0.160. The van der Waals surface area contributed by atoms with E-state index in [2.05, 4.69) is 5.32 Å². The second-order valence-corrected chi connectivity index (χ2v) is 9.60. The van der Waals surface area contributed by atoms with Gasteiger partial charge < -0.3 is 19.4 Å². The van der Waals surface area contributed by atoms with Gasteiger partial charge in [-0.1, -0.05) is 30.3 Å². The van der Waals surface area contributed by atoms with E-state index < -0.39 is 15.7 Å². The maximum atomic E-state index is 13.2. The molecule has 1 heterocycles. The van der Waals surface area contributed by atoms with Crippen LogP contribution in [0.4, 0.5) is 10.1 Å². The highest BCUT2D eigenvalue weighted by atomic mass is 32.2. The molecule has 0 atom stereocenters. The number of hydrogen-bond donors (Lipinski definition) is 1. The molecule has 1 N–H and O–H groups in total. The summed E-state index contributed by atoms with van der Waals surface area (Å²) in [6.45, 7) is -0.0963. The lowest BCUT2D eigenvalue weighted by Gasteiger charge is -2.11. The minimum atomic E-state index is -3.75. The van der Waals surface area contributed by atoms with Gasteiger partial charge >= 0.3 is 0 Å². The molecule has 7 nitrogen and oxygen atoms in total. The molecule has 176 valence electrons. The van der Waals surface area contributed by atoms with Crippen molar-refractivity contribution in [2.45, 2.75) is 17.2 Å². The van der Waals surface area contributed by atoms with Gasteiger partial charge in [-0.15, -0.1) is 0 Å². The average molecular weight is 483 g/mol. The van der Waals surface area contributed by atoms with E-state index in [1.165, 1.54) is 44.7 Å². The van der Waals surface area contributed by atoms with Crippen LogP contribution in [-0.4, -0.2) is 33.1 Å². The molecule has 0 aliphatic heterocycles. The first-order chi connectivity index (χ1) is 16.3. The van der Waals surface area contributed by atoms with Gasteiger partial charge in [0.2, 0.25) is 5.91 Å². The Morgan fingerprint density at radius 2 is 1.68 bits per heavy atom. The Bertz CT molecular complexity index is 1450. The number of halogens is 1. The van der Waals surface area contributed by atoms with Crippen molar-refractivity contribution in [1.82, 2.24) is 4.57 Å². The van der Waals surface area contributed by atoms with Crippen molar-refractivity contribution in [1.29, 1.82) is 0 Å². The predicted octanol–water partition coefficient (Wildman–Crippen LogP) is 4.41. The lowest BCUT2D eigenvalue weighted by atomic mass is 10.2. The van der Waals surface area contributed by atoms with Crippen LogP contribution in [0.3, 0.4) is 0 Å². The van der Waals surface area contributed by atoms with Gasteiger partial charge in [0.25, 0.3) is 0 Å². The number of para-hydroxylation sites is 1. The predicted molar refractivity (Wildman–Crippen MR) is 127 cm³/mol. The van der Waals surface area contributed by atoms with Gasteiger partial charge in [0, 0.05) is 28.9 Å². The normalized spacial score (nSPS) is 11.4. The standard InChI is InChI=1S/C25H23FN2O5S/c1-32-22-12-11-19(13-23(22)33-2)27-25(29)15-28-14-24(20-5-3-4-6-21(20)28)34(30,31)16-17-7-9-18(26)10-8-17/h3-14H,15-16H2,1-2H3,(H,27,29). The molecule has 4 aromatic rings. The number of anilines is 1. The third kappa shape index (κ3) is 4.89. The molecule has 0 fully saturated rings. The van der Waals surface area contributed by atoms with Gasteiger partial charge in [-0.3, -0.25) is 4.79 Å². The summed E-state index contributed by atoms with van der Waals surface area (Å²) >= 11 is 0. The largest absolute Gasteiger partial charge is 0.493 e. The summed E-state index contributed by atoms with van der Waals surface area (Å²) in [6, 6.07) is 17.3. The fourth-order valence-corrected chi connectivity index (χ4v) is 5.32. The molecule has 0 saturated heterocycles. The number of ether oxygens (including phenoxy) is 2. The molecule has 0 bridgehead atoms. The number of nitrogens with zero attached hydrogens (tertiary/aromatic N) is 1. The van der Waals surface area contributed by atoms with Crippen molar-refractivity contribution in [3.63, 3.8) is 0 Å². The Hall–Kier alpha value is -3.85. The summed E-state index contributed by atoms with van der Waals surface area (Å²) in [4.78, 5) is 12.9. The van der Waals surface area contributed by atoms with E-state index >= 15 is 0 Å². The highest BCUT2D eigenvalue weighted by Crippen LogP contribution is 2.30. The minimum Gasteiger partial charge on any atom is -0.493 e. The highest BCUT2D eigenvalue weighted by Gasteiger charge is 2.22. The number of benzene rings is 3. The fourth-order valence-electron chi connectivity index (χ4n) is 3.74. The van der Waals surface area contributed by atoms with Gasteiger partial charge in [0.1, 0.15) is 12.4 Å². The number of carbonyl (C=O) groups excluding carboxylic acids is 1. The van der Waals surface area contributed by atoms with E-state index in [4.69, 9.17) is 9.47 Å². The Morgan fingerprint density at radius 3 is 2.38 bits per heavy atom. The molecule has 0 radical (unpaired) electrons. The van der Waals surface area contributed by atoms with Crippen molar-refractivity contribution in [2.24, 2.45) is 0 Å². The third-order valence-electron chi connectivity index (χ3n) is 5.34. The summed E-state index contributed by atoms with van der Waals surface area (Å²) in [6.07, 6.45) is 1.47. The van der Waals surface area contributed by atoms with E-state index in [9.17, 15) is 17.6 Å². The summed E-state index contributed by atoms with van der Waals surface area (Å²) in [5.41, 5.74) is 1.61. The van der Waals surface area contributed by atoms with Crippen LogP contribution in [0.2, 0.25) is 0 Å².